The number of alkyl halides is 3. The maximum atomic E-state index is 12.8. The SMILES string of the molecule is CC1CCC(c2cccc(-c3cccc(C(F)(F)F)c3)c2)N1. The third kappa shape index (κ3) is 3.17. The first-order chi connectivity index (χ1) is 10.4. The number of hydrogen-bond acceptors (Lipinski definition) is 1. The summed E-state index contributed by atoms with van der Waals surface area (Å²) in [4.78, 5) is 0. The molecule has 2 aromatic carbocycles. The standard InChI is InChI=1S/C18H18F3N/c1-12-8-9-17(22-12)15-6-2-4-13(10-15)14-5-3-7-16(11-14)18(19,20)21/h2-7,10-12,17,22H,8-9H2,1H3. The summed E-state index contributed by atoms with van der Waals surface area (Å²) < 4.78 is 38.5. The molecule has 1 aliphatic rings. The molecule has 4 heteroatoms. The van der Waals surface area contributed by atoms with E-state index in [0.29, 0.717) is 17.6 Å². The Kier molecular flexibility index (Phi) is 3.96. The van der Waals surface area contributed by atoms with Gasteiger partial charge in [0.25, 0.3) is 0 Å². The van der Waals surface area contributed by atoms with Gasteiger partial charge in [-0.2, -0.15) is 13.2 Å². The van der Waals surface area contributed by atoms with E-state index in [-0.39, 0.29) is 0 Å². The largest absolute Gasteiger partial charge is 0.416 e. The molecule has 0 amide bonds. The van der Waals surface area contributed by atoms with Gasteiger partial charge < -0.3 is 5.32 Å². The van der Waals surface area contributed by atoms with Crippen molar-refractivity contribution in [3.05, 3.63) is 59.7 Å². The molecule has 0 aliphatic carbocycles. The molecule has 1 fully saturated rings. The van der Waals surface area contributed by atoms with Gasteiger partial charge >= 0.3 is 6.18 Å². The molecule has 22 heavy (non-hydrogen) atoms. The molecular weight excluding hydrogens is 287 g/mol. The second-order valence-electron chi connectivity index (χ2n) is 5.90. The highest BCUT2D eigenvalue weighted by molar-refractivity contribution is 5.65. The summed E-state index contributed by atoms with van der Waals surface area (Å²) in [5.74, 6) is 0. The molecule has 1 nitrogen and oxygen atoms in total. The summed E-state index contributed by atoms with van der Waals surface area (Å²) in [6, 6.07) is 14.1. The minimum Gasteiger partial charge on any atom is -0.307 e. The predicted molar refractivity (Wildman–Crippen MR) is 81.5 cm³/mol. The van der Waals surface area contributed by atoms with Crippen LogP contribution in [-0.2, 0) is 6.18 Å². The van der Waals surface area contributed by atoms with Gasteiger partial charge in [0.15, 0.2) is 0 Å². The van der Waals surface area contributed by atoms with E-state index in [9.17, 15) is 13.2 Å². The summed E-state index contributed by atoms with van der Waals surface area (Å²) in [6.07, 6.45) is -2.12. The van der Waals surface area contributed by atoms with Crippen LogP contribution in [0.1, 0.15) is 36.9 Å². The van der Waals surface area contributed by atoms with Crippen LogP contribution in [0.2, 0.25) is 0 Å². The van der Waals surface area contributed by atoms with Crippen LogP contribution in [0, 0.1) is 0 Å². The van der Waals surface area contributed by atoms with Crippen LogP contribution in [0.5, 0.6) is 0 Å². The van der Waals surface area contributed by atoms with Gasteiger partial charge in [-0.25, -0.2) is 0 Å². The Bertz CT molecular complexity index is 663. The quantitative estimate of drug-likeness (QED) is 0.805. The number of hydrogen-bond donors (Lipinski definition) is 1. The molecule has 0 saturated carbocycles. The second kappa shape index (κ2) is 5.76. The zero-order valence-corrected chi connectivity index (χ0v) is 12.3. The van der Waals surface area contributed by atoms with E-state index in [0.717, 1.165) is 30.0 Å². The van der Waals surface area contributed by atoms with Crippen molar-refractivity contribution in [2.75, 3.05) is 0 Å². The molecule has 1 N–H and O–H groups in total. The molecule has 116 valence electrons. The lowest BCUT2D eigenvalue weighted by atomic mass is 9.97. The van der Waals surface area contributed by atoms with Crippen molar-refractivity contribution in [1.29, 1.82) is 0 Å². The molecule has 0 aromatic heterocycles. The Morgan fingerprint density at radius 2 is 1.64 bits per heavy atom. The average molecular weight is 305 g/mol. The summed E-state index contributed by atoms with van der Waals surface area (Å²) >= 11 is 0. The van der Waals surface area contributed by atoms with Crippen molar-refractivity contribution in [3.63, 3.8) is 0 Å². The highest BCUT2D eigenvalue weighted by Gasteiger charge is 2.30. The van der Waals surface area contributed by atoms with Crippen LogP contribution < -0.4 is 5.32 Å². The monoisotopic (exact) mass is 305 g/mol. The van der Waals surface area contributed by atoms with Gasteiger partial charge in [0.05, 0.1) is 5.56 Å². The molecule has 3 rings (SSSR count). The molecule has 2 atom stereocenters. The third-order valence-corrected chi connectivity index (χ3v) is 4.19. The Morgan fingerprint density at radius 1 is 0.955 bits per heavy atom. The van der Waals surface area contributed by atoms with Crippen LogP contribution in [0.3, 0.4) is 0 Å². The minimum atomic E-state index is -4.31. The second-order valence-corrected chi connectivity index (χ2v) is 5.90. The number of benzene rings is 2. The van der Waals surface area contributed by atoms with E-state index in [4.69, 9.17) is 0 Å². The van der Waals surface area contributed by atoms with Gasteiger partial charge in [0.1, 0.15) is 0 Å². The van der Waals surface area contributed by atoms with Gasteiger partial charge in [-0.3, -0.25) is 0 Å². The van der Waals surface area contributed by atoms with Crippen molar-refractivity contribution in [2.24, 2.45) is 0 Å². The van der Waals surface area contributed by atoms with Crippen molar-refractivity contribution in [1.82, 2.24) is 5.32 Å². The highest BCUT2D eigenvalue weighted by atomic mass is 19.4. The lowest BCUT2D eigenvalue weighted by molar-refractivity contribution is -0.137. The Hall–Kier alpha value is -1.81. The van der Waals surface area contributed by atoms with Gasteiger partial charge in [-0.05, 0) is 54.7 Å². The molecule has 0 radical (unpaired) electrons. The Labute approximate surface area is 128 Å². The van der Waals surface area contributed by atoms with Crippen molar-refractivity contribution in [3.8, 4) is 11.1 Å². The topological polar surface area (TPSA) is 12.0 Å². The molecule has 0 spiro atoms. The number of nitrogens with one attached hydrogen (secondary N) is 1. The van der Waals surface area contributed by atoms with Crippen molar-refractivity contribution in [2.45, 2.75) is 38.0 Å². The fraction of sp³-hybridized carbons (Fsp3) is 0.333. The number of halogens is 3. The van der Waals surface area contributed by atoms with Gasteiger partial charge in [0.2, 0.25) is 0 Å². The summed E-state index contributed by atoms with van der Waals surface area (Å²) in [7, 11) is 0. The summed E-state index contributed by atoms with van der Waals surface area (Å²) in [5, 5.41) is 3.50. The lowest BCUT2D eigenvalue weighted by Crippen LogP contribution is -2.20. The first-order valence-corrected chi connectivity index (χ1v) is 7.47. The van der Waals surface area contributed by atoms with E-state index in [1.54, 1.807) is 6.07 Å². The molecule has 2 unspecified atom stereocenters. The van der Waals surface area contributed by atoms with E-state index >= 15 is 0 Å². The van der Waals surface area contributed by atoms with E-state index < -0.39 is 11.7 Å². The van der Waals surface area contributed by atoms with Crippen molar-refractivity contribution >= 4 is 0 Å². The molecule has 1 saturated heterocycles. The molecular formula is C18H18F3N. The lowest BCUT2D eigenvalue weighted by Gasteiger charge is -2.14. The normalized spacial score (nSPS) is 22.0. The predicted octanol–water partition coefficient (Wildman–Crippen LogP) is 5.19. The molecule has 1 heterocycles. The molecule has 2 aromatic rings. The Morgan fingerprint density at radius 3 is 2.27 bits per heavy atom. The fourth-order valence-corrected chi connectivity index (χ4v) is 3.00. The first-order valence-electron chi connectivity index (χ1n) is 7.47. The fourth-order valence-electron chi connectivity index (χ4n) is 3.00. The van der Waals surface area contributed by atoms with Gasteiger partial charge in [-0.1, -0.05) is 30.3 Å². The Balaban J connectivity index is 1.92. The smallest absolute Gasteiger partial charge is 0.307 e. The maximum Gasteiger partial charge on any atom is 0.416 e. The van der Waals surface area contributed by atoms with Crippen LogP contribution in [0.15, 0.2) is 48.5 Å². The third-order valence-electron chi connectivity index (χ3n) is 4.19. The van der Waals surface area contributed by atoms with Crippen LogP contribution in [0.4, 0.5) is 13.2 Å². The van der Waals surface area contributed by atoms with Gasteiger partial charge in [-0.15, -0.1) is 0 Å². The van der Waals surface area contributed by atoms with Crippen LogP contribution in [0.25, 0.3) is 11.1 Å². The maximum absolute atomic E-state index is 12.8. The zero-order chi connectivity index (χ0) is 15.7. The first kappa shape index (κ1) is 15.1. The number of rotatable bonds is 2. The average Bonchev–Trinajstić information content (AvgIpc) is 2.93. The molecule has 1 aliphatic heterocycles. The summed E-state index contributed by atoms with van der Waals surface area (Å²) in [6.45, 7) is 2.15. The van der Waals surface area contributed by atoms with Gasteiger partial charge in [0, 0.05) is 12.1 Å². The highest BCUT2D eigenvalue weighted by Crippen LogP contribution is 2.33. The van der Waals surface area contributed by atoms with Crippen LogP contribution >= 0.6 is 0 Å². The van der Waals surface area contributed by atoms with E-state index in [2.05, 4.69) is 12.2 Å². The minimum absolute atomic E-state index is 0.292. The van der Waals surface area contributed by atoms with E-state index in [1.165, 1.54) is 12.1 Å². The van der Waals surface area contributed by atoms with E-state index in [1.807, 2.05) is 24.3 Å². The summed E-state index contributed by atoms with van der Waals surface area (Å²) in [5.41, 5.74) is 1.95. The van der Waals surface area contributed by atoms with Crippen molar-refractivity contribution < 1.29 is 13.2 Å². The molecule has 0 bridgehead atoms. The zero-order valence-electron chi connectivity index (χ0n) is 12.3. The van der Waals surface area contributed by atoms with Crippen LogP contribution in [-0.4, -0.2) is 6.04 Å².